The molecule has 0 aromatic heterocycles. The van der Waals surface area contributed by atoms with Crippen molar-refractivity contribution in [1.29, 1.82) is 0 Å². The van der Waals surface area contributed by atoms with Crippen LogP contribution in [-0.2, 0) is 21.7 Å². The van der Waals surface area contributed by atoms with Crippen LogP contribution in [0.5, 0.6) is 0 Å². The molecule has 0 aliphatic heterocycles. The molecule has 0 aliphatic rings. The van der Waals surface area contributed by atoms with Gasteiger partial charge in [-0.2, -0.15) is 47.5 Å². The third kappa shape index (κ3) is 12.9. The minimum absolute atomic E-state index is 0. The number of halogens is 2. The van der Waals surface area contributed by atoms with E-state index < -0.39 is 0 Å². The van der Waals surface area contributed by atoms with Crippen LogP contribution in [0.3, 0.4) is 0 Å². The van der Waals surface area contributed by atoms with Gasteiger partial charge in [0.05, 0.1) is 0 Å². The van der Waals surface area contributed by atoms with E-state index in [0.29, 0.717) is 0 Å². The normalized spacial score (nSPS) is 9.24. The van der Waals surface area contributed by atoms with E-state index in [-0.39, 0.29) is 46.5 Å². The Morgan fingerprint density at radius 1 is 0.810 bits per heavy atom. The summed E-state index contributed by atoms with van der Waals surface area (Å²) in [5.41, 5.74) is 2.61. The molecule has 0 nitrogen and oxygen atoms in total. The standard InChI is InChI=1S/2C9H11.2ClH.Ti/c2*1-2-3-6-9-7-4-5-8-9;;;/h2*3-8H,2H2,1H3;2*1H;/q2*-1;;;+4/p-2. The number of hydrogen-bond acceptors (Lipinski definition) is 0. The van der Waals surface area contributed by atoms with Crippen LogP contribution in [0.1, 0.15) is 37.8 Å². The smallest absolute Gasteiger partial charge is 1.00 e. The van der Waals surface area contributed by atoms with Crippen molar-refractivity contribution in [2.24, 2.45) is 0 Å². The van der Waals surface area contributed by atoms with Gasteiger partial charge in [0, 0.05) is 0 Å². The molecule has 112 valence electrons. The fourth-order valence-electron chi connectivity index (χ4n) is 1.51. The van der Waals surface area contributed by atoms with Crippen molar-refractivity contribution < 1.29 is 46.5 Å². The third-order valence-electron chi connectivity index (χ3n) is 2.47. The molecule has 0 bridgehead atoms. The van der Waals surface area contributed by atoms with E-state index in [1.807, 2.05) is 0 Å². The molecule has 0 aliphatic carbocycles. The van der Waals surface area contributed by atoms with Gasteiger partial charge in [-0.05, 0) is 12.8 Å². The Kier molecular flexibility index (Phi) is 21.2. The van der Waals surface area contributed by atoms with Crippen LogP contribution in [0, 0.1) is 0 Å². The van der Waals surface area contributed by atoms with Crippen LogP contribution in [0.2, 0.25) is 0 Å². The van der Waals surface area contributed by atoms with Crippen molar-refractivity contribution in [3.63, 3.8) is 0 Å². The second kappa shape index (κ2) is 17.5. The molecule has 3 heteroatoms. The average Bonchev–Trinajstić information content (AvgIpc) is 3.07. The zero-order chi connectivity index (χ0) is 13.1. The van der Waals surface area contributed by atoms with Gasteiger partial charge in [-0.1, -0.05) is 26.0 Å². The van der Waals surface area contributed by atoms with Crippen LogP contribution < -0.4 is 24.8 Å². The van der Waals surface area contributed by atoms with Gasteiger partial charge in [-0.15, -0.1) is 12.2 Å². The first kappa shape index (κ1) is 25.4. The molecule has 0 fully saturated rings. The van der Waals surface area contributed by atoms with Crippen LogP contribution in [0.25, 0.3) is 12.2 Å². The molecule has 0 amide bonds. The SMILES string of the molecule is CCC=Cc1cc[cH-]c1.CCC=Cc1cc[cH-]c1.[Cl-].[Cl-].[Ti+4]. The molecule has 0 heterocycles. The fourth-order valence-corrected chi connectivity index (χ4v) is 1.51. The molecule has 2 rings (SSSR count). The predicted molar refractivity (Wildman–Crippen MR) is 82.7 cm³/mol. The Bertz CT molecular complexity index is 395. The Balaban J connectivity index is -0.000000270. The minimum atomic E-state index is 0. The zero-order valence-electron chi connectivity index (χ0n) is 12.6. The second-order valence-corrected chi connectivity index (χ2v) is 4.06. The number of hydrogen-bond donors (Lipinski definition) is 0. The molecule has 21 heavy (non-hydrogen) atoms. The Labute approximate surface area is 156 Å². The summed E-state index contributed by atoms with van der Waals surface area (Å²) in [4.78, 5) is 0. The maximum Gasteiger partial charge on any atom is 4.00 e. The summed E-state index contributed by atoms with van der Waals surface area (Å²) in [5, 5.41) is 0. The summed E-state index contributed by atoms with van der Waals surface area (Å²) in [6.07, 6.45) is 10.8. The summed E-state index contributed by atoms with van der Waals surface area (Å²) >= 11 is 0. The topological polar surface area (TPSA) is 0 Å². The molecule has 2 aromatic carbocycles. The molecular weight excluding hydrogens is 335 g/mol. The summed E-state index contributed by atoms with van der Waals surface area (Å²) in [6.45, 7) is 4.28. The molecule has 0 radical (unpaired) electrons. The summed E-state index contributed by atoms with van der Waals surface area (Å²) in [6, 6.07) is 16.6. The van der Waals surface area contributed by atoms with Gasteiger partial charge >= 0.3 is 21.7 Å². The van der Waals surface area contributed by atoms with Crippen LogP contribution in [0.4, 0.5) is 0 Å². The molecule has 0 saturated heterocycles. The molecule has 0 spiro atoms. The van der Waals surface area contributed by atoms with Crippen LogP contribution >= 0.6 is 0 Å². The van der Waals surface area contributed by atoms with E-state index in [1.165, 1.54) is 11.1 Å². The molecule has 0 unspecified atom stereocenters. The van der Waals surface area contributed by atoms with Crippen molar-refractivity contribution in [3.8, 4) is 0 Å². The quantitative estimate of drug-likeness (QED) is 0.519. The Hall–Kier alpha value is -0.526. The van der Waals surface area contributed by atoms with Crippen molar-refractivity contribution in [1.82, 2.24) is 0 Å². The monoisotopic (exact) mass is 356 g/mol. The first-order valence-electron chi connectivity index (χ1n) is 6.63. The third-order valence-corrected chi connectivity index (χ3v) is 2.47. The van der Waals surface area contributed by atoms with Crippen molar-refractivity contribution in [3.05, 3.63) is 71.8 Å². The van der Waals surface area contributed by atoms with Gasteiger partial charge in [-0.3, -0.25) is 0 Å². The Morgan fingerprint density at radius 2 is 1.19 bits per heavy atom. The molecule has 0 N–H and O–H groups in total. The average molecular weight is 357 g/mol. The van der Waals surface area contributed by atoms with E-state index in [2.05, 4.69) is 86.7 Å². The number of rotatable bonds is 4. The second-order valence-electron chi connectivity index (χ2n) is 4.06. The fraction of sp³-hybridized carbons (Fsp3) is 0.222. The zero-order valence-corrected chi connectivity index (χ0v) is 15.7. The van der Waals surface area contributed by atoms with Crippen molar-refractivity contribution in [2.75, 3.05) is 0 Å². The van der Waals surface area contributed by atoms with E-state index >= 15 is 0 Å². The maximum absolute atomic E-state index is 2.16. The van der Waals surface area contributed by atoms with Crippen LogP contribution in [-0.4, -0.2) is 0 Å². The molecule has 0 saturated carbocycles. The van der Waals surface area contributed by atoms with Crippen molar-refractivity contribution in [2.45, 2.75) is 26.7 Å². The van der Waals surface area contributed by atoms with Gasteiger partial charge in [0.25, 0.3) is 0 Å². The molecule has 2 aromatic rings. The molecule has 0 atom stereocenters. The first-order valence-corrected chi connectivity index (χ1v) is 6.63. The predicted octanol–water partition coefficient (Wildman–Crippen LogP) is -0.337. The van der Waals surface area contributed by atoms with E-state index in [4.69, 9.17) is 0 Å². The van der Waals surface area contributed by atoms with Gasteiger partial charge in [-0.25, -0.2) is 12.1 Å². The molecular formula is C18H22Cl2Ti. The van der Waals surface area contributed by atoms with E-state index in [9.17, 15) is 0 Å². The summed E-state index contributed by atoms with van der Waals surface area (Å²) < 4.78 is 0. The first-order chi connectivity index (χ1) is 8.86. The van der Waals surface area contributed by atoms with Gasteiger partial charge in [0.15, 0.2) is 0 Å². The number of allylic oxidation sites excluding steroid dienone is 2. The van der Waals surface area contributed by atoms with Crippen molar-refractivity contribution >= 4 is 12.2 Å². The van der Waals surface area contributed by atoms with Gasteiger partial charge < -0.3 is 24.8 Å². The van der Waals surface area contributed by atoms with Crippen LogP contribution in [0.15, 0.2) is 60.7 Å². The summed E-state index contributed by atoms with van der Waals surface area (Å²) in [5.74, 6) is 0. The Morgan fingerprint density at radius 3 is 1.43 bits per heavy atom. The largest absolute Gasteiger partial charge is 4.00 e. The van der Waals surface area contributed by atoms with E-state index in [0.717, 1.165) is 12.8 Å². The maximum atomic E-state index is 2.16. The minimum Gasteiger partial charge on any atom is -1.00 e. The van der Waals surface area contributed by atoms with E-state index in [1.54, 1.807) is 0 Å². The summed E-state index contributed by atoms with van der Waals surface area (Å²) in [7, 11) is 0. The van der Waals surface area contributed by atoms with Gasteiger partial charge in [0.2, 0.25) is 0 Å². The van der Waals surface area contributed by atoms with Gasteiger partial charge in [0.1, 0.15) is 0 Å².